The number of oxime groups is 1. The summed E-state index contributed by atoms with van der Waals surface area (Å²) in [5, 5.41) is 9.95. The predicted molar refractivity (Wildman–Crippen MR) is 40.5 cm³/mol. The van der Waals surface area contributed by atoms with Gasteiger partial charge >= 0.3 is 0 Å². The van der Waals surface area contributed by atoms with Crippen LogP contribution in [0.15, 0.2) is 17.3 Å². The lowest BCUT2D eigenvalue weighted by Gasteiger charge is -1.99. The summed E-state index contributed by atoms with van der Waals surface area (Å²) in [5.74, 6) is -3.69. The average Bonchev–Trinajstić information content (AvgIpc) is 2.10. The zero-order chi connectivity index (χ0) is 10.0. The fraction of sp³-hybridized carbons (Fsp3) is 0. The molecule has 0 saturated heterocycles. The minimum absolute atomic E-state index is 0.318. The summed E-state index contributed by atoms with van der Waals surface area (Å²) in [4.78, 5) is 0. The first kappa shape index (κ1) is 9.85. The van der Waals surface area contributed by atoms with E-state index in [1.807, 2.05) is 0 Å². The zero-order valence-electron chi connectivity index (χ0n) is 6.06. The maximum Gasteiger partial charge on any atom is 0.178 e. The van der Waals surface area contributed by atoms with Crippen LogP contribution in [0.25, 0.3) is 0 Å². The van der Waals surface area contributed by atoms with Crippen LogP contribution >= 0.6 is 11.6 Å². The van der Waals surface area contributed by atoms with Crippen molar-refractivity contribution in [3.05, 3.63) is 35.1 Å². The molecule has 70 valence electrons. The Bertz CT molecular complexity index is 367. The highest BCUT2D eigenvalue weighted by molar-refractivity contribution is 6.69. The van der Waals surface area contributed by atoms with E-state index in [4.69, 9.17) is 16.8 Å². The van der Waals surface area contributed by atoms with Crippen LogP contribution in [0, 0.1) is 17.5 Å². The van der Waals surface area contributed by atoms with Crippen LogP contribution in [0.1, 0.15) is 5.56 Å². The Labute approximate surface area is 76.2 Å². The third kappa shape index (κ3) is 1.92. The standard InChI is InChI=1S/C7H3ClF3NO/c8-7(12-13)3-1-5(10)6(11)2-4(3)9/h1-2,13H/b12-7+. The number of halogens is 4. The van der Waals surface area contributed by atoms with Gasteiger partial charge in [0.05, 0.1) is 5.56 Å². The summed E-state index contributed by atoms with van der Waals surface area (Å²) in [6.45, 7) is 0. The van der Waals surface area contributed by atoms with Crippen LogP contribution in [0.3, 0.4) is 0 Å². The number of nitrogens with zero attached hydrogens (tertiary/aromatic N) is 1. The van der Waals surface area contributed by atoms with Crippen molar-refractivity contribution in [1.29, 1.82) is 0 Å². The fourth-order valence-corrected chi connectivity index (χ4v) is 0.879. The first-order valence-corrected chi connectivity index (χ1v) is 3.46. The maximum absolute atomic E-state index is 12.8. The van der Waals surface area contributed by atoms with Gasteiger partial charge in [0.25, 0.3) is 0 Å². The van der Waals surface area contributed by atoms with Gasteiger partial charge in [-0.2, -0.15) is 0 Å². The molecule has 0 spiro atoms. The van der Waals surface area contributed by atoms with Crippen LogP contribution in [0.2, 0.25) is 0 Å². The quantitative estimate of drug-likeness (QED) is 0.328. The summed E-state index contributed by atoms with van der Waals surface area (Å²) >= 11 is 5.19. The molecule has 1 N–H and O–H groups in total. The van der Waals surface area contributed by atoms with Crippen LogP contribution in [0.5, 0.6) is 0 Å². The molecule has 1 aromatic rings. The summed E-state index contributed by atoms with van der Waals surface area (Å²) in [6.07, 6.45) is 0. The van der Waals surface area contributed by atoms with E-state index in [9.17, 15) is 13.2 Å². The summed E-state index contributed by atoms with van der Waals surface area (Å²) in [6, 6.07) is 0.824. The van der Waals surface area contributed by atoms with Gasteiger partial charge in [-0.3, -0.25) is 0 Å². The number of rotatable bonds is 1. The van der Waals surface area contributed by atoms with E-state index in [0.29, 0.717) is 12.1 Å². The van der Waals surface area contributed by atoms with Crippen LogP contribution < -0.4 is 0 Å². The molecule has 6 heteroatoms. The molecule has 1 rings (SSSR count). The normalized spacial score (nSPS) is 11.8. The fourth-order valence-electron chi connectivity index (χ4n) is 0.735. The highest BCUT2D eigenvalue weighted by Gasteiger charge is 2.13. The molecular formula is C7H3ClF3NO. The third-order valence-corrected chi connectivity index (χ3v) is 1.60. The molecule has 0 heterocycles. The molecular weight excluding hydrogens is 207 g/mol. The molecule has 0 radical (unpaired) electrons. The SMILES string of the molecule is O/N=C(/Cl)c1cc(F)c(F)cc1F. The van der Waals surface area contributed by atoms with Crippen molar-refractivity contribution in [3.63, 3.8) is 0 Å². The molecule has 0 bridgehead atoms. The topological polar surface area (TPSA) is 32.6 Å². The minimum atomic E-state index is -1.33. The lowest BCUT2D eigenvalue weighted by atomic mass is 10.2. The average molecular weight is 210 g/mol. The van der Waals surface area contributed by atoms with Crippen LogP contribution in [-0.2, 0) is 0 Å². The van der Waals surface area contributed by atoms with Gasteiger partial charge in [0, 0.05) is 6.07 Å². The molecule has 13 heavy (non-hydrogen) atoms. The van der Waals surface area contributed by atoms with Gasteiger partial charge in [-0.15, -0.1) is 0 Å². The van der Waals surface area contributed by atoms with E-state index in [2.05, 4.69) is 5.16 Å². The molecule has 1 aromatic carbocycles. The van der Waals surface area contributed by atoms with E-state index in [-0.39, 0.29) is 0 Å². The van der Waals surface area contributed by atoms with Crippen molar-refractivity contribution in [2.75, 3.05) is 0 Å². The Kier molecular flexibility index (Phi) is 2.77. The molecule has 0 fully saturated rings. The van der Waals surface area contributed by atoms with Gasteiger partial charge in [-0.25, -0.2) is 13.2 Å². The molecule has 0 aliphatic rings. The van der Waals surface area contributed by atoms with Gasteiger partial charge < -0.3 is 5.21 Å². The number of hydrogen-bond acceptors (Lipinski definition) is 2. The van der Waals surface area contributed by atoms with Crippen molar-refractivity contribution >= 4 is 16.8 Å². The predicted octanol–water partition coefficient (Wildman–Crippen LogP) is 2.48. The lowest BCUT2D eigenvalue weighted by molar-refractivity contribution is 0.320. The van der Waals surface area contributed by atoms with Gasteiger partial charge in [0.15, 0.2) is 16.8 Å². The summed E-state index contributed by atoms with van der Waals surface area (Å²) < 4.78 is 37.7. The van der Waals surface area contributed by atoms with E-state index >= 15 is 0 Å². The van der Waals surface area contributed by atoms with E-state index in [1.165, 1.54) is 0 Å². The van der Waals surface area contributed by atoms with Gasteiger partial charge in [0.1, 0.15) is 5.82 Å². The monoisotopic (exact) mass is 209 g/mol. The molecule has 0 atom stereocenters. The zero-order valence-corrected chi connectivity index (χ0v) is 6.82. The molecule has 0 aliphatic carbocycles. The van der Waals surface area contributed by atoms with Crippen molar-refractivity contribution < 1.29 is 18.4 Å². The summed E-state index contributed by atoms with van der Waals surface area (Å²) in [5.41, 5.74) is -0.497. The molecule has 0 unspecified atom stereocenters. The highest BCUT2D eigenvalue weighted by Crippen LogP contribution is 2.15. The van der Waals surface area contributed by atoms with Gasteiger partial charge in [-0.1, -0.05) is 16.8 Å². The van der Waals surface area contributed by atoms with Gasteiger partial charge in [-0.05, 0) is 6.07 Å². The third-order valence-electron chi connectivity index (χ3n) is 1.32. The van der Waals surface area contributed by atoms with E-state index in [0.717, 1.165) is 0 Å². The largest absolute Gasteiger partial charge is 0.410 e. The van der Waals surface area contributed by atoms with E-state index < -0.39 is 28.2 Å². The lowest BCUT2D eigenvalue weighted by Crippen LogP contribution is -1.99. The first-order valence-electron chi connectivity index (χ1n) is 3.08. The molecule has 0 aromatic heterocycles. The Hall–Kier alpha value is -1.23. The minimum Gasteiger partial charge on any atom is -0.410 e. The van der Waals surface area contributed by atoms with Crippen LogP contribution in [0.4, 0.5) is 13.2 Å². The van der Waals surface area contributed by atoms with Crippen molar-refractivity contribution in [1.82, 2.24) is 0 Å². The summed E-state index contributed by atoms with van der Waals surface area (Å²) in [7, 11) is 0. The van der Waals surface area contributed by atoms with Crippen molar-refractivity contribution in [3.8, 4) is 0 Å². The number of hydrogen-bond donors (Lipinski definition) is 1. The Morgan fingerprint density at radius 2 is 1.69 bits per heavy atom. The van der Waals surface area contributed by atoms with Crippen molar-refractivity contribution in [2.45, 2.75) is 0 Å². The number of benzene rings is 1. The second-order valence-electron chi connectivity index (χ2n) is 2.14. The van der Waals surface area contributed by atoms with Crippen molar-refractivity contribution in [2.24, 2.45) is 5.16 Å². The second kappa shape index (κ2) is 3.66. The smallest absolute Gasteiger partial charge is 0.178 e. The first-order chi connectivity index (χ1) is 6.06. The Morgan fingerprint density at radius 3 is 2.23 bits per heavy atom. The van der Waals surface area contributed by atoms with Gasteiger partial charge in [0.2, 0.25) is 0 Å². The second-order valence-corrected chi connectivity index (χ2v) is 2.49. The Morgan fingerprint density at radius 1 is 1.15 bits per heavy atom. The van der Waals surface area contributed by atoms with E-state index in [1.54, 1.807) is 0 Å². The molecule has 0 amide bonds. The molecule has 2 nitrogen and oxygen atoms in total. The maximum atomic E-state index is 12.8. The molecule has 0 saturated carbocycles. The van der Waals surface area contributed by atoms with Crippen LogP contribution in [-0.4, -0.2) is 10.4 Å². The molecule has 0 aliphatic heterocycles. The highest BCUT2D eigenvalue weighted by atomic mass is 35.5. The Balaban J connectivity index is 3.32.